The third kappa shape index (κ3) is 29.2. The molecule has 3 heterocycles. The van der Waals surface area contributed by atoms with Crippen molar-refractivity contribution in [3.05, 3.63) is 72.3 Å². The van der Waals surface area contributed by atoms with E-state index in [1.54, 1.807) is 65.0 Å². The summed E-state index contributed by atoms with van der Waals surface area (Å²) in [5.41, 5.74) is 29.0. The van der Waals surface area contributed by atoms with Crippen LogP contribution in [0.4, 0.5) is 4.79 Å². The Bertz CT molecular complexity index is 3050. The number of carbonyl (C=O) groups is 10. The molecule has 0 spiro atoms. The van der Waals surface area contributed by atoms with Crippen molar-refractivity contribution in [3.63, 3.8) is 0 Å². The van der Waals surface area contributed by atoms with Crippen LogP contribution in [0.1, 0.15) is 142 Å². The number of nitrogens with one attached hydrogen (secondary N) is 10. The number of aromatic amines is 2. The van der Waals surface area contributed by atoms with E-state index in [0.717, 1.165) is 0 Å². The van der Waals surface area contributed by atoms with Crippen LogP contribution in [-0.2, 0) is 71.9 Å². The smallest absolute Gasteiger partial charge is 0.407 e. The SMILES string of the molecule is CC[C@H](C)[C@H](NC(=O)C[C@H](O)[C@H](CC(C)C)NC(=O)[C@H](Cc1cnc[nH]1)NC(=O)[C@H](Cc1ccccc1)NC(=O)[C@@H]1CCCN1C(=O)[C@H](CCCN=C(N)N)NC(=O)[C@@H](N)CCCN=C(N)N)C(=O)N[C@@H](Cc1cnc[nH]1)C(=O)N[C@@H](CCCCNC(=O)OC(C)(C)C)C(=O)OC. The normalized spacial score (nSPS) is 16.0. The highest BCUT2D eigenvalue weighted by Gasteiger charge is 2.41. The van der Waals surface area contributed by atoms with Crippen molar-refractivity contribution >= 4 is 71.2 Å². The number of methoxy groups -OCH3 is 1. The molecule has 0 saturated carbocycles. The topological polar surface area (TPSA) is 521 Å². The summed E-state index contributed by atoms with van der Waals surface area (Å²) >= 11 is 0. The second-order valence-corrected chi connectivity index (χ2v) is 25.6. The van der Waals surface area contributed by atoms with Crippen LogP contribution < -0.4 is 71.2 Å². The predicted octanol–water partition coefficient (Wildman–Crippen LogP) is -1.31. The summed E-state index contributed by atoms with van der Waals surface area (Å²) < 4.78 is 10.3. The fourth-order valence-corrected chi connectivity index (χ4v) is 10.7. The first-order valence-electron chi connectivity index (χ1n) is 33.0. The Hall–Kier alpha value is -9.40. The molecule has 0 radical (unpaired) electrons. The molecule has 11 atom stereocenters. The van der Waals surface area contributed by atoms with Gasteiger partial charge in [-0.05, 0) is 102 Å². The van der Waals surface area contributed by atoms with Crippen LogP contribution in [0.3, 0.4) is 0 Å². The Morgan fingerprint density at radius 2 is 1.24 bits per heavy atom. The van der Waals surface area contributed by atoms with Gasteiger partial charge in [0.15, 0.2) is 11.9 Å². The lowest BCUT2D eigenvalue weighted by atomic mass is 9.95. The Morgan fingerprint density at radius 3 is 1.78 bits per heavy atom. The van der Waals surface area contributed by atoms with E-state index in [9.17, 15) is 53.1 Å². The zero-order valence-corrected chi connectivity index (χ0v) is 57.0. The first kappa shape index (κ1) is 80.0. The number of rotatable bonds is 41. The predicted molar refractivity (Wildman–Crippen MR) is 360 cm³/mol. The Kier molecular flexibility index (Phi) is 33.7. The van der Waals surface area contributed by atoms with Crippen LogP contribution in [0.2, 0.25) is 0 Å². The quantitative estimate of drug-likeness (QED) is 0.0136. The highest BCUT2D eigenvalue weighted by atomic mass is 16.6. The van der Waals surface area contributed by atoms with Gasteiger partial charge in [0.05, 0.1) is 44.4 Å². The maximum Gasteiger partial charge on any atom is 0.407 e. The third-order valence-electron chi connectivity index (χ3n) is 16.0. The average molecular weight is 1360 g/mol. The van der Waals surface area contributed by atoms with Crippen LogP contribution in [0.5, 0.6) is 0 Å². The molecule has 3 aromatic rings. The molecule has 1 aromatic carbocycles. The van der Waals surface area contributed by atoms with Crippen molar-refractivity contribution in [2.75, 3.05) is 33.3 Å². The zero-order valence-electron chi connectivity index (χ0n) is 57.0. The number of benzene rings is 1. The van der Waals surface area contributed by atoms with Gasteiger partial charge in [-0.2, -0.15) is 0 Å². The fraction of sp³-hybridized carbons (Fsp3) is 0.625. The number of aromatic nitrogens is 4. The number of carbonyl (C=O) groups excluding carboxylic acids is 10. The van der Waals surface area contributed by atoms with Crippen LogP contribution in [-0.4, -0.2) is 201 Å². The fourth-order valence-electron chi connectivity index (χ4n) is 10.7. The maximum absolute atomic E-state index is 14.8. The van der Waals surface area contributed by atoms with Gasteiger partial charge in [0.1, 0.15) is 47.9 Å². The molecule has 1 fully saturated rings. The van der Waals surface area contributed by atoms with Crippen LogP contribution in [0, 0.1) is 11.8 Å². The van der Waals surface area contributed by atoms with E-state index in [0.29, 0.717) is 49.1 Å². The number of hydrogen-bond donors (Lipinski definition) is 16. The molecule has 2 aromatic heterocycles. The molecule has 1 aliphatic heterocycles. The number of hydrogen-bond acceptors (Lipinski definition) is 18. The van der Waals surface area contributed by atoms with Gasteiger partial charge in [0.2, 0.25) is 47.3 Å². The van der Waals surface area contributed by atoms with Crippen LogP contribution in [0.15, 0.2) is 65.4 Å². The molecule has 0 unspecified atom stereocenters. The number of esters is 1. The van der Waals surface area contributed by atoms with E-state index >= 15 is 0 Å². The minimum absolute atomic E-state index is 0.0608. The minimum Gasteiger partial charge on any atom is -0.467 e. The lowest BCUT2D eigenvalue weighted by molar-refractivity contribution is -0.145. The molecule has 9 amide bonds. The standard InChI is InChI=1S/C64H104N20O13/c1-9-38(4)52(58(92)82-48(31-41-34-71-36-76-41)55(89)78-44(60(94)96-8)21-13-14-24-74-63(95)97-64(5,6)7)83-51(86)32-50(85)45(28-37(2)3)79-56(90)47(30-40-33-70-35-75-40)80-54(88)46(29-39-18-11-10-12-19-39)81-57(91)49-23-17-27-84(49)59(93)43(22-16-26-73-62(68)69)77-53(87)42(65)20-15-25-72-61(66)67/h10-12,18-19,33-38,42-50,52,85H,9,13-17,20-32,65H2,1-8H3,(H,70,75)(H,71,76)(H,74,95)(H,77,87)(H,78,89)(H,79,90)(H,80,88)(H,81,91)(H,82,92)(H,83,86)(H4,66,67,72)(H4,68,69,73)/t38-,42-,43-,44-,45-,46-,47-,48-,49-,50-,52-/m0/s1. The van der Waals surface area contributed by atoms with Crippen LogP contribution >= 0.6 is 0 Å². The van der Waals surface area contributed by atoms with E-state index in [1.807, 2.05) is 13.8 Å². The largest absolute Gasteiger partial charge is 0.467 e. The van der Waals surface area contributed by atoms with Crippen molar-refractivity contribution in [2.45, 2.75) is 211 Å². The molecule has 33 heteroatoms. The molecule has 33 nitrogen and oxygen atoms in total. The van der Waals surface area contributed by atoms with E-state index in [2.05, 4.69) is 72.5 Å². The summed E-state index contributed by atoms with van der Waals surface area (Å²) in [5, 5.41) is 34.0. The molecule has 97 heavy (non-hydrogen) atoms. The monoisotopic (exact) mass is 1360 g/mol. The summed E-state index contributed by atoms with van der Waals surface area (Å²) in [6.45, 7) is 13.1. The summed E-state index contributed by atoms with van der Waals surface area (Å²) in [5.74, 6) is -7.41. The van der Waals surface area contributed by atoms with Gasteiger partial charge in [-0.1, -0.05) is 64.4 Å². The van der Waals surface area contributed by atoms with Gasteiger partial charge in [0, 0.05) is 69.2 Å². The number of aliphatic hydroxyl groups is 1. The first-order chi connectivity index (χ1) is 46.0. The number of amides is 9. The number of ether oxygens (including phenoxy) is 2. The number of nitrogens with two attached hydrogens (primary N) is 5. The minimum atomic E-state index is -1.56. The number of guanidine groups is 2. The lowest BCUT2D eigenvalue weighted by Crippen LogP contribution is -2.60. The number of aliphatic imine (C=N–C) groups is 2. The Balaban J connectivity index is 1.53. The number of imidazole rings is 2. The molecule has 0 aliphatic carbocycles. The molecule has 0 bridgehead atoms. The average Bonchev–Trinajstić information content (AvgIpc) is 1.74. The number of likely N-dealkylation sites (tertiary alicyclic amines) is 1. The second kappa shape index (κ2) is 40.9. The molecule has 538 valence electrons. The van der Waals surface area contributed by atoms with Gasteiger partial charge in [-0.25, -0.2) is 19.6 Å². The highest BCUT2D eigenvalue weighted by molar-refractivity contribution is 5.97. The number of aliphatic hydroxyl groups excluding tert-OH is 1. The number of H-pyrrole nitrogens is 2. The summed E-state index contributed by atoms with van der Waals surface area (Å²) in [7, 11) is 1.17. The third-order valence-corrected chi connectivity index (χ3v) is 16.0. The van der Waals surface area contributed by atoms with Gasteiger partial charge >= 0.3 is 12.1 Å². The zero-order chi connectivity index (χ0) is 71.8. The van der Waals surface area contributed by atoms with Crippen molar-refractivity contribution in [1.29, 1.82) is 0 Å². The van der Waals surface area contributed by atoms with Crippen molar-refractivity contribution in [2.24, 2.45) is 50.5 Å². The highest BCUT2D eigenvalue weighted by Crippen LogP contribution is 2.22. The van der Waals surface area contributed by atoms with Gasteiger partial charge in [-0.3, -0.25) is 48.3 Å². The Labute approximate surface area is 566 Å². The number of alkyl carbamates (subject to hydrolysis) is 1. The van der Waals surface area contributed by atoms with Crippen molar-refractivity contribution in [1.82, 2.24) is 67.4 Å². The second-order valence-electron chi connectivity index (χ2n) is 25.6. The van der Waals surface area contributed by atoms with Gasteiger partial charge in [-0.15, -0.1) is 0 Å². The molecule has 21 N–H and O–H groups in total. The first-order valence-corrected chi connectivity index (χ1v) is 33.0. The summed E-state index contributed by atoms with van der Waals surface area (Å²) in [4.78, 5) is 163. The van der Waals surface area contributed by atoms with Gasteiger partial charge in [0.25, 0.3) is 0 Å². The Morgan fingerprint density at radius 1 is 0.691 bits per heavy atom. The molecular formula is C64H104N20O13. The number of nitrogens with zero attached hydrogens (tertiary/aromatic N) is 5. The number of unbranched alkanes of at least 4 members (excludes halogenated alkanes) is 1. The molecule has 4 rings (SSSR count). The molecule has 1 saturated heterocycles. The lowest BCUT2D eigenvalue weighted by Gasteiger charge is -2.31. The summed E-state index contributed by atoms with van der Waals surface area (Å²) in [6.07, 6.45) is 5.54. The van der Waals surface area contributed by atoms with Crippen LogP contribution in [0.25, 0.3) is 0 Å². The van der Waals surface area contributed by atoms with Gasteiger partial charge < -0.3 is 101 Å². The summed E-state index contributed by atoms with van der Waals surface area (Å²) in [6, 6.07) is -2.02. The maximum atomic E-state index is 14.8. The van der Waals surface area contributed by atoms with E-state index in [1.165, 1.54) is 37.1 Å². The van der Waals surface area contributed by atoms with E-state index in [4.69, 9.17) is 38.1 Å². The van der Waals surface area contributed by atoms with Crippen molar-refractivity contribution in [3.8, 4) is 0 Å². The van der Waals surface area contributed by atoms with E-state index in [-0.39, 0.29) is 102 Å². The molecule has 1 aliphatic rings. The van der Waals surface area contributed by atoms with E-state index < -0.39 is 138 Å². The molecular weight excluding hydrogens is 1260 g/mol. The van der Waals surface area contributed by atoms with Crippen molar-refractivity contribution < 1.29 is 62.5 Å².